The Morgan fingerprint density at radius 3 is 2.61 bits per heavy atom. The Bertz CT molecular complexity index is 1360. The van der Waals surface area contributed by atoms with E-state index in [2.05, 4.69) is 10.5 Å². The highest BCUT2D eigenvalue weighted by atomic mass is 35.5. The molecule has 1 atom stereocenters. The summed E-state index contributed by atoms with van der Waals surface area (Å²) in [5.74, 6) is -1.24. The van der Waals surface area contributed by atoms with Gasteiger partial charge in [-0.05, 0) is 86.2 Å². The number of rotatable bonds is 3. The average Bonchev–Trinajstić information content (AvgIpc) is 3.20. The van der Waals surface area contributed by atoms with Gasteiger partial charge in [-0.25, -0.2) is 4.39 Å². The molecule has 8 heteroatoms. The van der Waals surface area contributed by atoms with Crippen molar-refractivity contribution in [3.05, 3.63) is 94.3 Å². The van der Waals surface area contributed by atoms with Gasteiger partial charge in [0.1, 0.15) is 5.82 Å². The molecule has 0 aromatic heterocycles. The number of nitrogens with one attached hydrogen (secondary N) is 1. The van der Waals surface area contributed by atoms with E-state index in [1.807, 2.05) is 24.3 Å². The molecule has 2 N–H and O–H groups in total. The van der Waals surface area contributed by atoms with Crippen molar-refractivity contribution >= 4 is 40.5 Å². The van der Waals surface area contributed by atoms with Crippen molar-refractivity contribution in [3.8, 4) is 0 Å². The number of carbonyl (C=O) groups is 2. The fraction of sp³-hybridized carbons (Fsp3) is 0.250. The van der Waals surface area contributed by atoms with Gasteiger partial charge in [0, 0.05) is 28.9 Å². The molecule has 3 aromatic carbocycles. The van der Waals surface area contributed by atoms with E-state index >= 15 is 0 Å². The van der Waals surface area contributed by atoms with Gasteiger partial charge in [0.25, 0.3) is 11.8 Å². The van der Waals surface area contributed by atoms with Crippen LogP contribution in [0.2, 0.25) is 5.02 Å². The Balaban J connectivity index is 1.37. The fourth-order valence-corrected chi connectivity index (χ4v) is 5.58. The SMILES string of the molecule is O=C(Nc1ccc(C(=O)N2CC[C@]3(CCC/C3=N\O)Cc3ccccc32)cc1)c1cc(F)ccc1Cl. The number of nitrogens with zero attached hydrogens (tertiary/aromatic N) is 2. The van der Waals surface area contributed by atoms with Crippen LogP contribution < -0.4 is 10.2 Å². The van der Waals surface area contributed by atoms with E-state index in [1.54, 1.807) is 29.2 Å². The first-order valence-electron chi connectivity index (χ1n) is 11.9. The molecule has 6 nitrogen and oxygen atoms in total. The smallest absolute Gasteiger partial charge is 0.258 e. The van der Waals surface area contributed by atoms with Gasteiger partial charge < -0.3 is 15.4 Å². The summed E-state index contributed by atoms with van der Waals surface area (Å²) in [4.78, 5) is 27.9. The highest BCUT2D eigenvalue weighted by Crippen LogP contribution is 2.46. The Hall–Kier alpha value is -3.71. The first-order chi connectivity index (χ1) is 17.4. The number of hydrogen-bond acceptors (Lipinski definition) is 4. The number of hydrogen-bond donors (Lipinski definition) is 2. The predicted octanol–water partition coefficient (Wildman–Crippen LogP) is 6.32. The molecular formula is C28H25ClFN3O3. The molecule has 0 saturated heterocycles. The van der Waals surface area contributed by atoms with Crippen LogP contribution in [0.25, 0.3) is 0 Å². The molecule has 184 valence electrons. The van der Waals surface area contributed by atoms with Crippen LogP contribution in [-0.2, 0) is 6.42 Å². The minimum atomic E-state index is -0.556. The molecule has 1 heterocycles. The number of fused-ring (bicyclic) bond motifs is 1. The Kier molecular flexibility index (Phi) is 6.49. The topological polar surface area (TPSA) is 82.0 Å². The molecule has 1 fully saturated rings. The van der Waals surface area contributed by atoms with Crippen LogP contribution in [0.15, 0.2) is 71.9 Å². The molecule has 1 aliphatic carbocycles. The lowest BCUT2D eigenvalue weighted by atomic mass is 9.76. The Morgan fingerprint density at radius 2 is 1.83 bits per heavy atom. The minimum absolute atomic E-state index is 0.0321. The Morgan fingerprint density at radius 1 is 1.06 bits per heavy atom. The predicted molar refractivity (Wildman–Crippen MR) is 138 cm³/mol. The zero-order valence-electron chi connectivity index (χ0n) is 19.5. The van der Waals surface area contributed by atoms with Crippen LogP contribution in [0.1, 0.15) is 52.0 Å². The van der Waals surface area contributed by atoms with Gasteiger partial charge in [-0.3, -0.25) is 9.59 Å². The second-order valence-electron chi connectivity index (χ2n) is 9.35. The van der Waals surface area contributed by atoms with Gasteiger partial charge in [-0.2, -0.15) is 0 Å². The molecule has 3 aromatic rings. The monoisotopic (exact) mass is 505 g/mol. The molecule has 0 bridgehead atoms. The van der Waals surface area contributed by atoms with Gasteiger partial charge in [0.15, 0.2) is 0 Å². The van der Waals surface area contributed by atoms with E-state index < -0.39 is 11.7 Å². The van der Waals surface area contributed by atoms with E-state index in [0.29, 0.717) is 17.8 Å². The maximum absolute atomic E-state index is 13.6. The average molecular weight is 506 g/mol. The minimum Gasteiger partial charge on any atom is -0.411 e. The molecule has 5 rings (SSSR count). The summed E-state index contributed by atoms with van der Waals surface area (Å²) in [5, 5.41) is 16.1. The summed E-state index contributed by atoms with van der Waals surface area (Å²) in [6, 6.07) is 18.1. The van der Waals surface area contributed by atoms with Crippen molar-refractivity contribution in [1.82, 2.24) is 0 Å². The molecule has 0 unspecified atom stereocenters. The molecule has 1 spiro atoms. The van der Waals surface area contributed by atoms with Crippen LogP contribution in [-0.4, -0.2) is 29.3 Å². The molecule has 2 aliphatic rings. The number of anilines is 2. The van der Waals surface area contributed by atoms with E-state index in [4.69, 9.17) is 11.6 Å². The number of benzene rings is 3. The fourth-order valence-electron chi connectivity index (χ4n) is 5.38. The van der Waals surface area contributed by atoms with Crippen molar-refractivity contribution in [2.75, 3.05) is 16.8 Å². The van der Waals surface area contributed by atoms with E-state index in [9.17, 15) is 19.2 Å². The lowest BCUT2D eigenvalue weighted by Gasteiger charge is -2.28. The molecule has 1 aliphatic heterocycles. The number of oxime groups is 1. The van der Waals surface area contributed by atoms with Crippen molar-refractivity contribution in [2.24, 2.45) is 10.6 Å². The highest BCUT2D eigenvalue weighted by molar-refractivity contribution is 6.34. The summed E-state index contributed by atoms with van der Waals surface area (Å²) >= 11 is 6.03. The summed E-state index contributed by atoms with van der Waals surface area (Å²) in [6.07, 6.45) is 4.14. The molecule has 36 heavy (non-hydrogen) atoms. The van der Waals surface area contributed by atoms with Gasteiger partial charge in [-0.15, -0.1) is 0 Å². The third-order valence-electron chi connectivity index (χ3n) is 7.23. The third-order valence-corrected chi connectivity index (χ3v) is 7.56. The number of amides is 2. The first-order valence-corrected chi connectivity index (χ1v) is 12.3. The lowest BCUT2D eigenvalue weighted by molar-refractivity contribution is 0.0984. The lowest BCUT2D eigenvalue weighted by Crippen LogP contribution is -2.35. The van der Waals surface area contributed by atoms with Crippen molar-refractivity contribution in [1.29, 1.82) is 0 Å². The van der Waals surface area contributed by atoms with E-state index in [1.165, 1.54) is 12.1 Å². The van der Waals surface area contributed by atoms with E-state index in [0.717, 1.165) is 55.1 Å². The zero-order valence-corrected chi connectivity index (χ0v) is 20.3. The van der Waals surface area contributed by atoms with Gasteiger partial charge in [0.05, 0.1) is 16.3 Å². The molecule has 2 amide bonds. The second kappa shape index (κ2) is 9.74. The molecular weight excluding hydrogens is 481 g/mol. The van der Waals surface area contributed by atoms with Crippen molar-refractivity contribution in [3.63, 3.8) is 0 Å². The molecule has 1 saturated carbocycles. The first kappa shape index (κ1) is 24.0. The number of carbonyl (C=O) groups excluding carboxylic acids is 2. The second-order valence-corrected chi connectivity index (χ2v) is 9.76. The van der Waals surface area contributed by atoms with Gasteiger partial charge >= 0.3 is 0 Å². The van der Waals surface area contributed by atoms with E-state index in [-0.39, 0.29) is 21.9 Å². The number of para-hydroxylation sites is 1. The maximum atomic E-state index is 13.6. The van der Waals surface area contributed by atoms with Gasteiger partial charge in [0.2, 0.25) is 0 Å². The summed E-state index contributed by atoms with van der Waals surface area (Å²) < 4.78 is 13.5. The maximum Gasteiger partial charge on any atom is 0.258 e. The van der Waals surface area contributed by atoms with Crippen LogP contribution in [0.5, 0.6) is 0 Å². The summed E-state index contributed by atoms with van der Waals surface area (Å²) in [7, 11) is 0. The number of halogens is 2. The standard InChI is InChI=1S/C28H25ClFN3O3/c29-23-12-9-20(30)16-22(23)26(34)31-21-10-7-18(8-11-21)27(35)33-15-14-28(13-3-6-25(28)32-36)17-19-4-1-2-5-24(19)33/h1-2,4-5,7-12,16,36H,3,6,13-15,17H2,(H,31,34)/b32-25+/t28-/m1/s1. The highest BCUT2D eigenvalue weighted by Gasteiger charge is 2.43. The van der Waals surface area contributed by atoms with Crippen LogP contribution in [0.4, 0.5) is 15.8 Å². The van der Waals surface area contributed by atoms with Crippen LogP contribution in [0.3, 0.4) is 0 Å². The Labute approximate surface area is 213 Å². The normalized spacial score (nSPS) is 20.3. The summed E-state index contributed by atoms with van der Waals surface area (Å²) in [6.45, 7) is 0.505. The largest absolute Gasteiger partial charge is 0.411 e. The quantitative estimate of drug-likeness (QED) is 0.322. The van der Waals surface area contributed by atoms with Crippen LogP contribution in [0, 0.1) is 11.2 Å². The van der Waals surface area contributed by atoms with Gasteiger partial charge in [-0.1, -0.05) is 35.0 Å². The van der Waals surface area contributed by atoms with Crippen LogP contribution >= 0.6 is 11.6 Å². The van der Waals surface area contributed by atoms with Crippen molar-refractivity contribution in [2.45, 2.75) is 32.1 Å². The third kappa shape index (κ3) is 4.46. The van der Waals surface area contributed by atoms with Crippen molar-refractivity contribution < 1.29 is 19.2 Å². The summed E-state index contributed by atoms with van der Waals surface area (Å²) in [5.41, 5.74) is 3.48. The zero-order chi connectivity index (χ0) is 25.3. The molecule has 0 radical (unpaired) electrons.